The number of rotatable bonds is 11. The number of carbonyl (C=O) groups is 1. The summed E-state index contributed by atoms with van der Waals surface area (Å²) in [4.78, 5) is 19.7. The molecular formula is C30H41N3O4. The Bertz CT molecular complexity index is 1040. The van der Waals surface area contributed by atoms with Gasteiger partial charge in [-0.25, -0.2) is 4.98 Å². The molecule has 1 N–H and O–H groups in total. The second-order valence-electron chi connectivity index (χ2n) is 10.8. The topological polar surface area (TPSA) is 72.9 Å². The molecule has 0 radical (unpaired) electrons. The van der Waals surface area contributed by atoms with E-state index in [2.05, 4.69) is 34.5 Å². The Kier molecular flexibility index (Phi) is 8.95. The van der Waals surface area contributed by atoms with Crippen LogP contribution in [0.15, 0.2) is 36.4 Å². The number of esters is 1. The number of methoxy groups -OCH3 is 1. The predicted molar refractivity (Wildman–Crippen MR) is 144 cm³/mol. The van der Waals surface area contributed by atoms with Gasteiger partial charge in [0.25, 0.3) is 0 Å². The molecule has 3 aliphatic heterocycles. The third-order valence-electron chi connectivity index (χ3n) is 8.04. The quantitative estimate of drug-likeness (QED) is 0.446. The highest BCUT2D eigenvalue weighted by atomic mass is 16.5. The van der Waals surface area contributed by atoms with Crippen LogP contribution in [0.1, 0.15) is 61.3 Å². The number of aryl methyl sites for hydroxylation is 2. The van der Waals surface area contributed by atoms with Gasteiger partial charge >= 0.3 is 5.97 Å². The number of hydrogen-bond donors (Lipinski definition) is 1. The van der Waals surface area contributed by atoms with E-state index < -0.39 is 0 Å². The summed E-state index contributed by atoms with van der Waals surface area (Å²) in [6.07, 6.45) is 8.40. The van der Waals surface area contributed by atoms with Gasteiger partial charge in [-0.05, 0) is 86.7 Å². The summed E-state index contributed by atoms with van der Waals surface area (Å²) in [5.41, 5.74) is 3.67. The van der Waals surface area contributed by atoms with Crippen molar-refractivity contribution in [1.29, 1.82) is 0 Å². The highest BCUT2D eigenvalue weighted by molar-refractivity contribution is 5.70. The molecule has 3 atom stereocenters. The van der Waals surface area contributed by atoms with Crippen molar-refractivity contribution >= 4 is 11.8 Å². The lowest BCUT2D eigenvalue weighted by molar-refractivity contribution is -0.141. The van der Waals surface area contributed by atoms with Crippen LogP contribution < -0.4 is 10.1 Å². The van der Waals surface area contributed by atoms with Crippen molar-refractivity contribution in [2.75, 3.05) is 51.8 Å². The number of nitrogens with zero attached hydrogens (tertiary/aromatic N) is 2. The largest absolute Gasteiger partial charge is 0.491 e. The van der Waals surface area contributed by atoms with E-state index in [-0.39, 0.29) is 18.0 Å². The summed E-state index contributed by atoms with van der Waals surface area (Å²) in [5, 5.41) is 3.45. The van der Waals surface area contributed by atoms with Gasteiger partial charge in [0, 0.05) is 37.9 Å². The average Bonchev–Trinajstić information content (AvgIpc) is 3.62. The number of benzene rings is 1. The van der Waals surface area contributed by atoms with Gasteiger partial charge in [-0.1, -0.05) is 18.2 Å². The Morgan fingerprint density at radius 1 is 1.24 bits per heavy atom. The van der Waals surface area contributed by atoms with E-state index in [1.54, 1.807) is 0 Å². The zero-order valence-electron chi connectivity index (χ0n) is 22.1. The molecule has 0 amide bonds. The molecule has 200 valence electrons. The molecule has 0 spiro atoms. The van der Waals surface area contributed by atoms with Crippen LogP contribution in [-0.4, -0.2) is 68.5 Å². The lowest BCUT2D eigenvalue weighted by Gasteiger charge is -2.24. The van der Waals surface area contributed by atoms with Gasteiger partial charge in [0.05, 0.1) is 19.6 Å². The Morgan fingerprint density at radius 2 is 2.19 bits per heavy atom. The number of anilines is 1. The lowest BCUT2D eigenvalue weighted by atomic mass is 9.94. The molecule has 7 heteroatoms. The number of likely N-dealkylation sites (tertiary alicyclic amines) is 1. The smallest absolute Gasteiger partial charge is 0.306 e. The molecule has 0 saturated carbocycles. The molecule has 2 saturated heterocycles. The summed E-state index contributed by atoms with van der Waals surface area (Å²) in [6.45, 7) is 5.41. The highest BCUT2D eigenvalue weighted by Gasteiger charge is 2.27. The third-order valence-corrected chi connectivity index (χ3v) is 8.04. The minimum Gasteiger partial charge on any atom is -0.491 e. The maximum absolute atomic E-state index is 12.3. The number of aromatic nitrogens is 1. The SMILES string of the molecule is COC(=O)CC(CN1CC[C@@H](CCc2ccc3c(n2)NCCC3)C1)c1cccc(OCC2CCCO2)c1. The first kappa shape index (κ1) is 26.0. The predicted octanol–water partition coefficient (Wildman–Crippen LogP) is 4.60. The molecule has 1 aromatic heterocycles. The minimum absolute atomic E-state index is 0.0749. The van der Waals surface area contributed by atoms with Crippen molar-refractivity contribution in [2.24, 2.45) is 5.92 Å². The fraction of sp³-hybridized carbons (Fsp3) is 0.600. The maximum Gasteiger partial charge on any atom is 0.306 e. The molecule has 7 nitrogen and oxygen atoms in total. The molecule has 0 aliphatic carbocycles. The normalized spacial score (nSPS) is 22.3. The monoisotopic (exact) mass is 507 g/mol. The van der Waals surface area contributed by atoms with E-state index >= 15 is 0 Å². The first-order valence-corrected chi connectivity index (χ1v) is 14.0. The molecule has 0 bridgehead atoms. The van der Waals surface area contributed by atoms with E-state index in [1.807, 2.05) is 12.1 Å². The molecular weight excluding hydrogens is 466 g/mol. The van der Waals surface area contributed by atoms with Crippen LogP contribution in [0, 0.1) is 5.92 Å². The Hall–Kier alpha value is -2.64. The molecule has 2 fully saturated rings. The Labute approximate surface area is 220 Å². The third kappa shape index (κ3) is 7.23. The van der Waals surface area contributed by atoms with Crippen LogP contribution in [0.4, 0.5) is 5.82 Å². The number of hydrogen-bond acceptors (Lipinski definition) is 7. The number of nitrogens with one attached hydrogen (secondary N) is 1. The molecule has 2 aromatic rings. The molecule has 2 unspecified atom stereocenters. The average molecular weight is 508 g/mol. The molecule has 3 aliphatic rings. The highest BCUT2D eigenvalue weighted by Crippen LogP contribution is 2.30. The van der Waals surface area contributed by atoms with E-state index in [9.17, 15) is 4.79 Å². The van der Waals surface area contributed by atoms with Crippen molar-refractivity contribution < 1.29 is 19.0 Å². The number of fused-ring (bicyclic) bond motifs is 1. The van der Waals surface area contributed by atoms with Gasteiger partial charge < -0.3 is 24.4 Å². The van der Waals surface area contributed by atoms with Crippen molar-refractivity contribution in [3.63, 3.8) is 0 Å². The Balaban J connectivity index is 1.16. The van der Waals surface area contributed by atoms with Gasteiger partial charge in [0.2, 0.25) is 0 Å². The van der Waals surface area contributed by atoms with Crippen molar-refractivity contribution in [1.82, 2.24) is 9.88 Å². The molecule has 5 rings (SSSR count). The number of pyridine rings is 1. The summed E-state index contributed by atoms with van der Waals surface area (Å²) < 4.78 is 16.8. The second kappa shape index (κ2) is 12.7. The van der Waals surface area contributed by atoms with Crippen molar-refractivity contribution in [2.45, 2.75) is 63.4 Å². The van der Waals surface area contributed by atoms with E-state index in [4.69, 9.17) is 19.2 Å². The fourth-order valence-electron chi connectivity index (χ4n) is 5.88. The van der Waals surface area contributed by atoms with Crippen LogP contribution in [0.3, 0.4) is 0 Å². The summed E-state index contributed by atoms with van der Waals surface area (Å²) in [5.74, 6) is 2.49. The van der Waals surface area contributed by atoms with Crippen LogP contribution in [-0.2, 0) is 27.1 Å². The molecule has 4 heterocycles. The zero-order valence-corrected chi connectivity index (χ0v) is 22.1. The standard InChI is InChI=1S/C30H41N3O4/c1-35-29(34)18-25(24-5-2-7-27(17-24)37-21-28-8-4-16-36-28)20-33-15-13-22(19-33)9-11-26-12-10-23-6-3-14-31-30(23)32-26/h2,5,7,10,12,17,22,25,28H,3-4,6,8-9,11,13-16,18-21H2,1H3,(H,31,32)/t22-,25?,28?/m1/s1. The first-order valence-electron chi connectivity index (χ1n) is 14.0. The summed E-state index contributed by atoms with van der Waals surface area (Å²) in [7, 11) is 1.47. The summed E-state index contributed by atoms with van der Waals surface area (Å²) in [6, 6.07) is 12.7. The van der Waals surface area contributed by atoms with Gasteiger partial charge in [-0.3, -0.25) is 4.79 Å². The maximum atomic E-state index is 12.3. The molecule has 37 heavy (non-hydrogen) atoms. The van der Waals surface area contributed by atoms with Crippen LogP contribution in [0.25, 0.3) is 0 Å². The lowest BCUT2D eigenvalue weighted by Crippen LogP contribution is -2.28. The Morgan fingerprint density at radius 3 is 3.05 bits per heavy atom. The van der Waals surface area contributed by atoms with Gasteiger partial charge in [0.15, 0.2) is 0 Å². The van der Waals surface area contributed by atoms with Crippen molar-refractivity contribution in [3.8, 4) is 5.75 Å². The minimum atomic E-state index is -0.168. The van der Waals surface area contributed by atoms with E-state index in [0.29, 0.717) is 18.9 Å². The number of carbonyl (C=O) groups excluding carboxylic acids is 1. The van der Waals surface area contributed by atoms with E-state index in [0.717, 1.165) is 82.0 Å². The number of ether oxygens (including phenoxy) is 3. The van der Waals surface area contributed by atoms with Gasteiger partial charge in [-0.2, -0.15) is 0 Å². The zero-order chi connectivity index (χ0) is 25.5. The van der Waals surface area contributed by atoms with Crippen molar-refractivity contribution in [3.05, 3.63) is 53.2 Å². The second-order valence-corrected chi connectivity index (χ2v) is 10.8. The van der Waals surface area contributed by atoms with Gasteiger partial charge in [0.1, 0.15) is 18.2 Å². The molecule has 1 aromatic carbocycles. The summed E-state index contributed by atoms with van der Waals surface area (Å²) >= 11 is 0. The van der Waals surface area contributed by atoms with Gasteiger partial charge in [-0.15, -0.1) is 0 Å². The first-order chi connectivity index (χ1) is 18.2. The van der Waals surface area contributed by atoms with Crippen LogP contribution in [0.5, 0.6) is 5.75 Å². The van der Waals surface area contributed by atoms with Crippen LogP contribution in [0.2, 0.25) is 0 Å². The van der Waals surface area contributed by atoms with E-state index in [1.165, 1.54) is 31.2 Å². The van der Waals surface area contributed by atoms with Crippen LogP contribution >= 0.6 is 0 Å². The fourth-order valence-corrected chi connectivity index (χ4v) is 5.88.